The fourth-order valence-corrected chi connectivity index (χ4v) is 3.09. The first-order valence-electron chi connectivity index (χ1n) is 5.86. The van der Waals surface area contributed by atoms with Crippen molar-refractivity contribution in [2.24, 2.45) is 0 Å². The minimum atomic E-state index is 0.428. The predicted octanol–water partition coefficient (Wildman–Crippen LogP) is 3.80. The van der Waals surface area contributed by atoms with Gasteiger partial charge in [0, 0.05) is 36.2 Å². The van der Waals surface area contributed by atoms with Gasteiger partial charge in [-0.2, -0.15) is 0 Å². The smallest absolute Gasteiger partial charge is 0.0605 e. The van der Waals surface area contributed by atoms with Crippen LogP contribution in [-0.2, 0) is 10.6 Å². The maximum Gasteiger partial charge on any atom is 0.0605 e. The predicted molar refractivity (Wildman–Crippen MR) is 75.9 cm³/mol. The van der Waals surface area contributed by atoms with Gasteiger partial charge in [-0.15, -0.1) is 11.6 Å². The molecule has 0 saturated carbocycles. The minimum Gasteiger partial charge on any atom is -0.381 e. The summed E-state index contributed by atoms with van der Waals surface area (Å²) in [6, 6.07) is 6.40. The van der Waals surface area contributed by atoms with E-state index in [0.717, 1.165) is 36.0 Å². The highest BCUT2D eigenvalue weighted by Crippen LogP contribution is 2.27. The van der Waals surface area contributed by atoms with Crippen molar-refractivity contribution in [1.29, 1.82) is 0 Å². The van der Waals surface area contributed by atoms with Crippen LogP contribution in [0.15, 0.2) is 22.7 Å². The number of anilines is 1. The number of alkyl halides is 1. The summed E-state index contributed by atoms with van der Waals surface area (Å²) in [6.45, 7) is 2.12. The van der Waals surface area contributed by atoms with E-state index in [0.29, 0.717) is 12.0 Å². The summed E-state index contributed by atoms with van der Waals surface area (Å²) in [5.41, 5.74) is 2.41. The van der Waals surface area contributed by atoms with Gasteiger partial charge in [0.25, 0.3) is 0 Å². The number of halogens is 2. The van der Waals surface area contributed by atoms with Gasteiger partial charge in [-0.25, -0.2) is 0 Å². The summed E-state index contributed by atoms with van der Waals surface area (Å²) >= 11 is 9.41. The lowest BCUT2D eigenvalue weighted by atomic mass is 10.1. The molecule has 1 saturated heterocycles. The van der Waals surface area contributed by atoms with Crippen molar-refractivity contribution >= 4 is 33.2 Å². The second kappa shape index (κ2) is 6.07. The number of benzene rings is 1. The van der Waals surface area contributed by atoms with Gasteiger partial charge in [0.1, 0.15) is 0 Å². The largest absolute Gasteiger partial charge is 0.381 e. The lowest BCUT2D eigenvalue weighted by Crippen LogP contribution is -2.36. The van der Waals surface area contributed by atoms with Crippen LogP contribution in [0.2, 0.25) is 0 Å². The van der Waals surface area contributed by atoms with Crippen LogP contribution in [0.5, 0.6) is 0 Å². The van der Waals surface area contributed by atoms with Crippen molar-refractivity contribution in [3.63, 3.8) is 0 Å². The Morgan fingerprint density at radius 3 is 2.65 bits per heavy atom. The van der Waals surface area contributed by atoms with E-state index in [1.807, 2.05) is 0 Å². The molecular formula is C13H17BrClNO. The number of nitrogens with zero attached hydrogens (tertiary/aromatic N) is 1. The van der Waals surface area contributed by atoms with Gasteiger partial charge < -0.3 is 9.64 Å². The first kappa shape index (κ1) is 13.2. The summed E-state index contributed by atoms with van der Waals surface area (Å²) in [6.07, 6.45) is 2.63. The van der Waals surface area contributed by atoms with E-state index in [9.17, 15) is 0 Å². The van der Waals surface area contributed by atoms with E-state index in [-0.39, 0.29) is 0 Å². The fourth-order valence-electron chi connectivity index (χ4n) is 2.19. The van der Waals surface area contributed by atoms with Gasteiger partial charge in [-0.1, -0.05) is 22.0 Å². The molecule has 1 aliphatic heterocycles. The van der Waals surface area contributed by atoms with Crippen LogP contribution >= 0.6 is 27.5 Å². The normalized spacial score (nSPS) is 17.5. The van der Waals surface area contributed by atoms with Crippen LogP contribution < -0.4 is 4.90 Å². The molecule has 2 rings (SSSR count). The van der Waals surface area contributed by atoms with E-state index in [2.05, 4.69) is 39.0 Å². The first-order valence-corrected chi connectivity index (χ1v) is 7.19. The highest BCUT2D eigenvalue weighted by molar-refractivity contribution is 9.10. The number of hydrogen-bond donors (Lipinski definition) is 0. The molecule has 0 spiro atoms. The van der Waals surface area contributed by atoms with Gasteiger partial charge in [-0.3, -0.25) is 0 Å². The molecule has 0 radical (unpaired) electrons. The monoisotopic (exact) mass is 317 g/mol. The molecule has 1 aromatic carbocycles. The van der Waals surface area contributed by atoms with Gasteiger partial charge >= 0.3 is 0 Å². The van der Waals surface area contributed by atoms with Crippen LogP contribution in [0.25, 0.3) is 0 Å². The van der Waals surface area contributed by atoms with Crippen LogP contribution in [0.3, 0.4) is 0 Å². The van der Waals surface area contributed by atoms with Gasteiger partial charge in [0.05, 0.1) is 6.10 Å². The van der Waals surface area contributed by atoms with Crippen LogP contribution in [0.4, 0.5) is 5.69 Å². The Morgan fingerprint density at radius 1 is 1.41 bits per heavy atom. The Balaban J connectivity index is 2.06. The van der Waals surface area contributed by atoms with Gasteiger partial charge in [0.15, 0.2) is 0 Å². The number of ether oxygens (including phenoxy) is 1. The summed E-state index contributed by atoms with van der Waals surface area (Å²) in [5.74, 6) is 0.548. The Bertz CT molecular complexity index is 378. The van der Waals surface area contributed by atoms with Crippen molar-refractivity contribution in [3.05, 3.63) is 28.2 Å². The standard InChI is InChI=1S/C13H17BrClNO/c1-17-12-4-6-16(7-5-12)11-3-2-10(9-15)13(14)8-11/h2-3,8,12H,4-7,9H2,1H3. The molecule has 0 amide bonds. The molecule has 2 nitrogen and oxygen atoms in total. The maximum atomic E-state index is 5.85. The third kappa shape index (κ3) is 3.15. The molecule has 0 aliphatic carbocycles. The molecule has 1 aromatic rings. The highest BCUT2D eigenvalue weighted by Gasteiger charge is 2.19. The second-order valence-electron chi connectivity index (χ2n) is 4.33. The molecule has 0 unspecified atom stereocenters. The van der Waals surface area contributed by atoms with E-state index >= 15 is 0 Å². The summed E-state index contributed by atoms with van der Waals surface area (Å²) < 4.78 is 6.48. The zero-order chi connectivity index (χ0) is 12.3. The van der Waals surface area contributed by atoms with Crippen molar-refractivity contribution in [1.82, 2.24) is 0 Å². The highest BCUT2D eigenvalue weighted by atomic mass is 79.9. The SMILES string of the molecule is COC1CCN(c2ccc(CCl)c(Br)c2)CC1. The van der Waals surface area contributed by atoms with Crippen LogP contribution in [0, 0.1) is 0 Å². The minimum absolute atomic E-state index is 0.428. The molecule has 0 N–H and O–H groups in total. The third-order valence-corrected chi connectivity index (χ3v) is 4.35. The van der Waals surface area contributed by atoms with Gasteiger partial charge in [0.2, 0.25) is 0 Å². The zero-order valence-corrected chi connectivity index (χ0v) is 12.3. The van der Waals surface area contributed by atoms with Crippen molar-refractivity contribution < 1.29 is 4.74 Å². The van der Waals surface area contributed by atoms with Crippen LogP contribution in [0.1, 0.15) is 18.4 Å². The number of rotatable bonds is 3. The molecule has 1 fully saturated rings. The third-order valence-electron chi connectivity index (χ3n) is 3.32. The Kier molecular flexibility index (Phi) is 4.71. The quantitative estimate of drug-likeness (QED) is 0.786. The van der Waals surface area contributed by atoms with Gasteiger partial charge in [-0.05, 0) is 30.5 Å². The van der Waals surface area contributed by atoms with E-state index < -0.39 is 0 Å². The average Bonchev–Trinajstić information content (AvgIpc) is 2.39. The molecule has 4 heteroatoms. The van der Waals surface area contributed by atoms with E-state index in [4.69, 9.17) is 16.3 Å². The molecule has 94 valence electrons. The first-order chi connectivity index (χ1) is 8.24. The Labute approximate surface area is 116 Å². The number of piperidine rings is 1. The van der Waals surface area contributed by atoms with Crippen molar-refractivity contribution in [2.45, 2.75) is 24.8 Å². The molecule has 1 aliphatic rings. The number of methoxy groups -OCH3 is 1. The van der Waals surface area contributed by atoms with Crippen LogP contribution in [-0.4, -0.2) is 26.3 Å². The zero-order valence-electron chi connectivity index (χ0n) is 9.96. The second-order valence-corrected chi connectivity index (χ2v) is 5.45. The van der Waals surface area contributed by atoms with E-state index in [1.165, 1.54) is 5.69 Å². The topological polar surface area (TPSA) is 12.5 Å². The summed E-state index contributed by atoms with van der Waals surface area (Å²) in [7, 11) is 1.80. The molecule has 0 bridgehead atoms. The Hall–Kier alpha value is -0.250. The fraction of sp³-hybridized carbons (Fsp3) is 0.538. The molecule has 17 heavy (non-hydrogen) atoms. The van der Waals surface area contributed by atoms with Crippen molar-refractivity contribution in [3.8, 4) is 0 Å². The van der Waals surface area contributed by atoms with E-state index in [1.54, 1.807) is 7.11 Å². The number of hydrogen-bond acceptors (Lipinski definition) is 2. The molecule has 1 heterocycles. The lowest BCUT2D eigenvalue weighted by molar-refractivity contribution is 0.0819. The van der Waals surface area contributed by atoms with Crippen molar-refractivity contribution in [2.75, 3.05) is 25.1 Å². The molecule has 0 atom stereocenters. The summed E-state index contributed by atoms with van der Waals surface area (Å²) in [5, 5.41) is 0. The Morgan fingerprint density at radius 2 is 2.12 bits per heavy atom. The average molecular weight is 319 g/mol. The molecule has 0 aromatic heterocycles. The maximum absolute atomic E-state index is 5.85. The summed E-state index contributed by atoms with van der Waals surface area (Å²) in [4.78, 5) is 2.40. The lowest BCUT2D eigenvalue weighted by Gasteiger charge is -2.33. The molecular weight excluding hydrogens is 302 g/mol.